The Kier molecular flexibility index (Phi) is 4.92. The van der Waals surface area contributed by atoms with E-state index in [-0.39, 0.29) is 5.91 Å². The number of rotatable bonds is 3. The third-order valence-electron chi connectivity index (χ3n) is 3.46. The number of aryl methyl sites for hydroxylation is 1. The van der Waals surface area contributed by atoms with Crippen LogP contribution in [0, 0.1) is 0 Å². The summed E-state index contributed by atoms with van der Waals surface area (Å²) in [6, 6.07) is 6.46. The Labute approximate surface area is 158 Å². The van der Waals surface area contributed by atoms with E-state index in [4.69, 9.17) is 46.4 Å². The number of nitrogens with zero attached hydrogens (tertiary/aromatic N) is 2. The molecule has 2 aromatic heterocycles. The highest BCUT2D eigenvalue weighted by Gasteiger charge is 2.20. The molecule has 0 fully saturated rings. The first-order valence-electron chi connectivity index (χ1n) is 7.03. The molecule has 0 unspecified atom stereocenters. The molecule has 2 heterocycles. The van der Waals surface area contributed by atoms with Gasteiger partial charge in [-0.15, -0.1) is 0 Å². The second kappa shape index (κ2) is 6.81. The van der Waals surface area contributed by atoms with Crippen molar-refractivity contribution in [3.05, 3.63) is 61.9 Å². The molecule has 1 amide bonds. The van der Waals surface area contributed by atoms with E-state index in [9.17, 15) is 4.79 Å². The molecule has 0 bridgehead atoms. The molecule has 0 aliphatic rings. The first-order chi connectivity index (χ1) is 11.4. The fourth-order valence-corrected chi connectivity index (χ4v) is 3.11. The average molecular weight is 403 g/mol. The molecule has 0 atom stereocenters. The van der Waals surface area contributed by atoms with Crippen molar-refractivity contribution in [1.29, 1.82) is 0 Å². The van der Waals surface area contributed by atoms with Crippen LogP contribution >= 0.6 is 46.4 Å². The van der Waals surface area contributed by atoms with Crippen LogP contribution < -0.4 is 5.32 Å². The molecule has 124 valence electrons. The third kappa shape index (κ3) is 3.20. The van der Waals surface area contributed by atoms with Crippen molar-refractivity contribution in [1.82, 2.24) is 9.38 Å². The van der Waals surface area contributed by atoms with Crippen LogP contribution in [0.5, 0.6) is 0 Å². The molecule has 4 nitrogen and oxygen atoms in total. The monoisotopic (exact) mass is 401 g/mol. The minimum absolute atomic E-state index is 0.294. The van der Waals surface area contributed by atoms with E-state index in [0.29, 0.717) is 49.2 Å². The number of aromatic nitrogens is 2. The van der Waals surface area contributed by atoms with Gasteiger partial charge in [-0.1, -0.05) is 53.3 Å². The number of anilines is 1. The average Bonchev–Trinajstić information content (AvgIpc) is 2.90. The second-order valence-electron chi connectivity index (χ2n) is 5.04. The molecule has 1 N–H and O–H groups in total. The summed E-state index contributed by atoms with van der Waals surface area (Å²) in [7, 11) is 0. The highest BCUT2D eigenvalue weighted by molar-refractivity contribution is 6.44. The zero-order valence-electron chi connectivity index (χ0n) is 12.4. The van der Waals surface area contributed by atoms with Crippen molar-refractivity contribution in [2.24, 2.45) is 0 Å². The molecule has 0 saturated heterocycles. The molecule has 0 saturated carbocycles. The van der Waals surface area contributed by atoms with Crippen LogP contribution in [0.3, 0.4) is 0 Å². The van der Waals surface area contributed by atoms with Crippen LogP contribution in [-0.4, -0.2) is 15.3 Å². The van der Waals surface area contributed by atoms with Gasteiger partial charge in [0.2, 0.25) is 0 Å². The molecule has 24 heavy (non-hydrogen) atoms. The number of carbonyl (C=O) groups is 1. The fourth-order valence-electron chi connectivity index (χ4n) is 2.35. The molecule has 1 aromatic carbocycles. The number of fused-ring (bicyclic) bond motifs is 1. The largest absolute Gasteiger partial charge is 0.319 e. The lowest BCUT2D eigenvalue weighted by Crippen LogP contribution is -2.16. The Morgan fingerprint density at radius 3 is 2.54 bits per heavy atom. The third-order valence-corrected chi connectivity index (χ3v) is 4.72. The standard InChI is InChI=1S/C16H11Cl4N3O/c1-2-12-15(23-7-8(17)3-4-14(23)21-12)16(24)22-13-6-10(19)9(18)5-11(13)20/h3-7H,2H2,1H3,(H,22,24). The summed E-state index contributed by atoms with van der Waals surface area (Å²) < 4.78 is 1.65. The van der Waals surface area contributed by atoms with E-state index in [1.54, 1.807) is 22.7 Å². The molecule has 8 heteroatoms. The van der Waals surface area contributed by atoms with Crippen molar-refractivity contribution in [2.45, 2.75) is 13.3 Å². The molecule has 0 spiro atoms. The zero-order valence-corrected chi connectivity index (χ0v) is 15.4. The summed E-state index contributed by atoms with van der Waals surface area (Å²) in [5, 5.41) is 4.16. The fraction of sp³-hybridized carbons (Fsp3) is 0.125. The molecular formula is C16H11Cl4N3O. The van der Waals surface area contributed by atoms with Crippen LogP contribution in [0.1, 0.15) is 23.1 Å². The molecule has 3 rings (SSSR count). The van der Waals surface area contributed by atoms with Crippen LogP contribution in [0.4, 0.5) is 5.69 Å². The van der Waals surface area contributed by atoms with E-state index in [2.05, 4.69) is 10.3 Å². The number of hydrogen-bond acceptors (Lipinski definition) is 2. The minimum Gasteiger partial charge on any atom is -0.319 e. The summed E-state index contributed by atoms with van der Waals surface area (Å²) >= 11 is 24.1. The van der Waals surface area contributed by atoms with Gasteiger partial charge in [-0.05, 0) is 30.7 Å². The van der Waals surface area contributed by atoms with Gasteiger partial charge >= 0.3 is 0 Å². The highest BCUT2D eigenvalue weighted by Crippen LogP contribution is 2.32. The van der Waals surface area contributed by atoms with Gasteiger partial charge in [0.15, 0.2) is 0 Å². The first-order valence-corrected chi connectivity index (χ1v) is 8.54. The number of carbonyl (C=O) groups excluding carboxylic acids is 1. The normalized spacial score (nSPS) is 11.0. The minimum atomic E-state index is -0.359. The van der Waals surface area contributed by atoms with E-state index < -0.39 is 0 Å². The van der Waals surface area contributed by atoms with Gasteiger partial charge in [-0.2, -0.15) is 0 Å². The predicted octanol–water partition coefficient (Wildman–Crippen LogP) is 5.76. The van der Waals surface area contributed by atoms with E-state index in [1.807, 2.05) is 6.92 Å². The van der Waals surface area contributed by atoms with Crippen molar-refractivity contribution < 1.29 is 4.79 Å². The number of pyridine rings is 1. The zero-order chi connectivity index (χ0) is 17.4. The van der Waals surface area contributed by atoms with Crippen LogP contribution in [0.2, 0.25) is 20.1 Å². The van der Waals surface area contributed by atoms with Gasteiger partial charge in [-0.25, -0.2) is 4.98 Å². The predicted molar refractivity (Wildman–Crippen MR) is 99.0 cm³/mol. The van der Waals surface area contributed by atoms with Gasteiger partial charge in [0, 0.05) is 6.20 Å². The van der Waals surface area contributed by atoms with E-state index in [0.717, 1.165) is 0 Å². The van der Waals surface area contributed by atoms with Crippen LogP contribution in [0.25, 0.3) is 5.65 Å². The summed E-state index contributed by atoms with van der Waals surface area (Å²) in [4.78, 5) is 17.2. The Bertz CT molecular complexity index is 952. The number of hydrogen-bond donors (Lipinski definition) is 1. The van der Waals surface area contributed by atoms with Crippen molar-refractivity contribution in [3.8, 4) is 0 Å². The summed E-state index contributed by atoms with van der Waals surface area (Å²) in [6.45, 7) is 1.92. The number of amides is 1. The van der Waals surface area contributed by atoms with Crippen molar-refractivity contribution in [3.63, 3.8) is 0 Å². The van der Waals surface area contributed by atoms with E-state index >= 15 is 0 Å². The molecule has 0 aliphatic heterocycles. The lowest BCUT2D eigenvalue weighted by Gasteiger charge is -2.10. The van der Waals surface area contributed by atoms with Gasteiger partial charge in [0.05, 0.1) is 31.5 Å². The Hall–Kier alpha value is -1.46. The summed E-state index contributed by atoms with van der Waals surface area (Å²) in [6.07, 6.45) is 2.24. The Morgan fingerprint density at radius 1 is 1.12 bits per heavy atom. The Morgan fingerprint density at radius 2 is 1.83 bits per heavy atom. The summed E-state index contributed by atoms with van der Waals surface area (Å²) in [5.41, 5.74) is 2.07. The maximum atomic E-state index is 12.8. The van der Waals surface area contributed by atoms with Crippen molar-refractivity contribution in [2.75, 3.05) is 5.32 Å². The van der Waals surface area contributed by atoms with Crippen LogP contribution in [0.15, 0.2) is 30.5 Å². The maximum Gasteiger partial charge on any atom is 0.274 e. The van der Waals surface area contributed by atoms with Gasteiger partial charge in [0.1, 0.15) is 11.3 Å². The van der Waals surface area contributed by atoms with Crippen LogP contribution in [-0.2, 0) is 6.42 Å². The second-order valence-corrected chi connectivity index (χ2v) is 6.69. The molecule has 0 aliphatic carbocycles. The lowest BCUT2D eigenvalue weighted by molar-refractivity contribution is 0.102. The number of benzene rings is 1. The van der Waals surface area contributed by atoms with Crippen molar-refractivity contribution >= 4 is 63.6 Å². The molecule has 0 radical (unpaired) electrons. The Balaban J connectivity index is 2.06. The van der Waals surface area contributed by atoms with E-state index in [1.165, 1.54) is 12.1 Å². The lowest BCUT2D eigenvalue weighted by atomic mass is 10.2. The number of halogens is 4. The summed E-state index contributed by atoms with van der Waals surface area (Å²) in [5.74, 6) is -0.359. The highest BCUT2D eigenvalue weighted by atomic mass is 35.5. The SMILES string of the molecule is CCc1nc2ccc(Cl)cn2c1C(=O)Nc1cc(Cl)c(Cl)cc1Cl. The van der Waals surface area contributed by atoms with Gasteiger partial charge in [-0.3, -0.25) is 9.20 Å². The topological polar surface area (TPSA) is 46.4 Å². The molecule has 3 aromatic rings. The number of nitrogens with one attached hydrogen (secondary N) is 1. The number of imidazole rings is 1. The molecular weight excluding hydrogens is 392 g/mol. The first kappa shape index (κ1) is 17.4. The smallest absolute Gasteiger partial charge is 0.274 e. The quantitative estimate of drug-likeness (QED) is 0.565. The van der Waals surface area contributed by atoms with Gasteiger partial charge in [0.25, 0.3) is 5.91 Å². The maximum absolute atomic E-state index is 12.8. The van der Waals surface area contributed by atoms with Gasteiger partial charge < -0.3 is 5.32 Å².